The van der Waals surface area contributed by atoms with E-state index in [1.54, 1.807) is 42.7 Å². The number of halogens is 1. The van der Waals surface area contributed by atoms with Crippen LogP contribution in [0, 0.1) is 0 Å². The van der Waals surface area contributed by atoms with E-state index in [1.165, 1.54) is 0 Å². The summed E-state index contributed by atoms with van der Waals surface area (Å²) in [4.78, 5) is 30.0. The number of amides is 1. The van der Waals surface area contributed by atoms with E-state index in [2.05, 4.69) is 30.1 Å². The van der Waals surface area contributed by atoms with Gasteiger partial charge in [-0.25, -0.2) is 15.0 Å². The zero-order valence-corrected chi connectivity index (χ0v) is 15.9. The Hall–Kier alpha value is -3.19. The van der Waals surface area contributed by atoms with E-state index < -0.39 is 0 Å². The topological polar surface area (TPSA) is 74.2 Å². The molecule has 3 aromatic rings. The third-order valence-corrected chi connectivity index (χ3v) is 4.77. The Balaban J connectivity index is 1.41. The van der Waals surface area contributed by atoms with E-state index >= 15 is 0 Å². The quantitative estimate of drug-likeness (QED) is 0.733. The second-order valence-electron chi connectivity index (χ2n) is 6.36. The van der Waals surface area contributed by atoms with E-state index in [0.29, 0.717) is 22.4 Å². The summed E-state index contributed by atoms with van der Waals surface area (Å²) in [7, 11) is 0. The van der Waals surface area contributed by atoms with Crippen LogP contribution in [0.1, 0.15) is 10.5 Å². The molecule has 4 rings (SSSR count). The zero-order valence-electron chi connectivity index (χ0n) is 15.1. The molecule has 1 amide bonds. The SMILES string of the molecule is O=C(Nc1ccc(Cl)cc1)c1ccnc(N2CCN(c3ccccn3)CC2)n1. The number of nitrogens with one attached hydrogen (secondary N) is 1. The van der Waals surface area contributed by atoms with Crippen molar-refractivity contribution in [2.45, 2.75) is 0 Å². The second-order valence-corrected chi connectivity index (χ2v) is 6.80. The molecule has 0 atom stereocenters. The van der Waals surface area contributed by atoms with Gasteiger partial charge in [-0.15, -0.1) is 0 Å². The van der Waals surface area contributed by atoms with Crippen LogP contribution >= 0.6 is 11.6 Å². The standard InChI is InChI=1S/C20H19ClN6O/c21-15-4-6-16(7-5-15)24-19(28)17-8-10-23-20(25-17)27-13-11-26(12-14-27)18-3-1-2-9-22-18/h1-10H,11-14H2,(H,24,28). The Kier molecular flexibility index (Phi) is 5.34. The monoisotopic (exact) mass is 394 g/mol. The number of nitrogens with zero attached hydrogens (tertiary/aromatic N) is 5. The van der Waals surface area contributed by atoms with E-state index in [1.807, 2.05) is 18.2 Å². The van der Waals surface area contributed by atoms with Crippen molar-refractivity contribution in [1.29, 1.82) is 0 Å². The van der Waals surface area contributed by atoms with Crippen LogP contribution in [0.25, 0.3) is 0 Å². The first-order valence-corrected chi connectivity index (χ1v) is 9.38. The number of carbonyl (C=O) groups is 1. The molecule has 8 heteroatoms. The van der Waals surface area contributed by atoms with Gasteiger partial charge in [-0.2, -0.15) is 0 Å². The highest BCUT2D eigenvalue weighted by molar-refractivity contribution is 6.30. The van der Waals surface area contributed by atoms with Gasteiger partial charge in [-0.3, -0.25) is 4.79 Å². The fourth-order valence-electron chi connectivity index (χ4n) is 3.03. The molecule has 1 aliphatic rings. The molecular weight excluding hydrogens is 376 g/mol. The molecule has 0 unspecified atom stereocenters. The molecule has 142 valence electrons. The Labute approximate surface area is 168 Å². The molecule has 1 saturated heterocycles. The molecule has 1 aromatic carbocycles. The van der Waals surface area contributed by atoms with Gasteiger partial charge in [0, 0.05) is 49.3 Å². The van der Waals surface area contributed by atoms with Crippen molar-refractivity contribution < 1.29 is 4.79 Å². The largest absolute Gasteiger partial charge is 0.353 e. The first-order valence-electron chi connectivity index (χ1n) is 9.00. The number of pyridine rings is 1. The van der Waals surface area contributed by atoms with Crippen molar-refractivity contribution in [3.63, 3.8) is 0 Å². The molecule has 1 fully saturated rings. The van der Waals surface area contributed by atoms with Gasteiger partial charge in [0.2, 0.25) is 5.95 Å². The summed E-state index contributed by atoms with van der Waals surface area (Å²) >= 11 is 5.88. The molecule has 1 N–H and O–H groups in total. The molecule has 1 aliphatic heterocycles. The Morgan fingerprint density at radius 3 is 2.36 bits per heavy atom. The van der Waals surface area contributed by atoms with Crippen molar-refractivity contribution in [3.8, 4) is 0 Å². The number of carbonyl (C=O) groups excluding carboxylic acids is 1. The first-order chi connectivity index (χ1) is 13.7. The summed E-state index contributed by atoms with van der Waals surface area (Å²) in [6.45, 7) is 3.17. The summed E-state index contributed by atoms with van der Waals surface area (Å²) < 4.78 is 0. The van der Waals surface area contributed by atoms with Gasteiger partial charge >= 0.3 is 0 Å². The fraction of sp³-hybridized carbons (Fsp3) is 0.200. The maximum atomic E-state index is 12.5. The van der Waals surface area contributed by atoms with Crippen molar-refractivity contribution in [2.24, 2.45) is 0 Å². The smallest absolute Gasteiger partial charge is 0.274 e. The average molecular weight is 395 g/mol. The van der Waals surface area contributed by atoms with Crippen molar-refractivity contribution in [1.82, 2.24) is 15.0 Å². The molecule has 0 radical (unpaired) electrons. The van der Waals surface area contributed by atoms with Crippen molar-refractivity contribution in [3.05, 3.63) is 71.6 Å². The normalized spacial score (nSPS) is 14.0. The lowest BCUT2D eigenvalue weighted by atomic mass is 10.3. The van der Waals surface area contributed by atoms with Gasteiger partial charge in [-0.05, 0) is 42.5 Å². The van der Waals surface area contributed by atoms with Gasteiger partial charge in [0.05, 0.1) is 0 Å². The molecule has 7 nitrogen and oxygen atoms in total. The van der Waals surface area contributed by atoms with Gasteiger partial charge in [0.1, 0.15) is 11.5 Å². The summed E-state index contributed by atoms with van der Waals surface area (Å²) in [5, 5.41) is 3.44. The highest BCUT2D eigenvalue weighted by atomic mass is 35.5. The third-order valence-electron chi connectivity index (χ3n) is 4.51. The first kappa shape index (κ1) is 18.2. The predicted octanol–water partition coefficient (Wildman–Crippen LogP) is 3.10. The summed E-state index contributed by atoms with van der Waals surface area (Å²) in [5.41, 5.74) is 0.991. The third kappa shape index (κ3) is 4.20. The van der Waals surface area contributed by atoms with Crippen LogP contribution in [0.2, 0.25) is 5.02 Å². The van der Waals surface area contributed by atoms with E-state index in [9.17, 15) is 4.79 Å². The average Bonchev–Trinajstić information content (AvgIpc) is 2.76. The van der Waals surface area contributed by atoms with Crippen LogP contribution in [0.5, 0.6) is 0 Å². The molecule has 2 aromatic heterocycles. The van der Waals surface area contributed by atoms with Gasteiger partial charge < -0.3 is 15.1 Å². The number of aromatic nitrogens is 3. The number of benzene rings is 1. The summed E-state index contributed by atoms with van der Waals surface area (Å²) in [6.07, 6.45) is 3.41. The van der Waals surface area contributed by atoms with E-state index in [4.69, 9.17) is 11.6 Å². The molecule has 28 heavy (non-hydrogen) atoms. The van der Waals surface area contributed by atoms with Gasteiger partial charge in [0.25, 0.3) is 5.91 Å². The Bertz CT molecular complexity index is 942. The predicted molar refractivity (Wildman–Crippen MR) is 110 cm³/mol. The minimum absolute atomic E-state index is 0.280. The highest BCUT2D eigenvalue weighted by Crippen LogP contribution is 2.17. The van der Waals surface area contributed by atoms with Gasteiger partial charge in [0.15, 0.2) is 0 Å². The van der Waals surface area contributed by atoms with Crippen LogP contribution in [-0.2, 0) is 0 Å². The van der Waals surface area contributed by atoms with Crippen LogP contribution in [0.3, 0.4) is 0 Å². The molecule has 0 bridgehead atoms. The second kappa shape index (κ2) is 8.22. The van der Waals surface area contributed by atoms with Crippen LogP contribution < -0.4 is 15.1 Å². The molecule has 0 spiro atoms. The van der Waals surface area contributed by atoms with E-state index in [-0.39, 0.29) is 5.91 Å². The van der Waals surface area contributed by atoms with Crippen LogP contribution in [-0.4, -0.2) is 47.0 Å². The molecule has 0 saturated carbocycles. The lowest BCUT2D eigenvalue weighted by Gasteiger charge is -2.35. The summed E-state index contributed by atoms with van der Waals surface area (Å²) in [6, 6.07) is 14.5. The fourth-order valence-corrected chi connectivity index (χ4v) is 3.16. The zero-order chi connectivity index (χ0) is 19.3. The number of anilines is 3. The molecule has 3 heterocycles. The van der Waals surface area contributed by atoms with E-state index in [0.717, 1.165) is 32.0 Å². The number of piperazine rings is 1. The Morgan fingerprint density at radius 2 is 1.64 bits per heavy atom. The van der Waals surface area contributed by atoms with Crippen LogP contribution in [0.4, 0.5) is 17.5 Å². The van der Waals surface area contributed by atoms with Gasteiger partial charge in [-0.1, -0.05) is 17.7 Å². The lowest BCUT2D eigenvalue weighted by Crippen LogP contribution is -2.47. The highest BCUT2D eigenvalue weighted by Gasteiger charge is 2.20. The van der Waals surface area contributed by atoms with Crippen molar-refractivity contribution >= 4 is 35.0 Å². The van der Waals surface area contributed by atoms with Crippen molar-refractivity contribution in [2.75, 3.05) is 41.3 Å². The molecule has 0 aliphatic carbocycles. The molecular formula is C20H19ClN6O. The number of hydrogen-bond donors (Lipinski definition) is 1. The summed E-state index contributed by atoms with van der Waals surface area (Å²) in [5.74, 6) is 1.25. The lowest BCUT2D eigenvalue weighted by molar-refractivity contribution is 0.102. The minimum atomic E-state index is -0.280. The maximum Gasteiger partial charge on any atom is 0.274 e. The minimum Gasteiger partial charge on any atom is -0.353 e. The number of hydrogen-bond acceptors (Lipinski definition) is 6. The number of rotatable bonds is 4. The maximum absolute atomic E-state index is 12.5. The Morgan fingerprint density at radius 1 is 0.893 bits per heavy atom. The van der Waals surface area contributed by atoms with Crippen LogP contribution in [0.15, 0.2) is 60.9 Å².